The Labute approximate surface area is 174 Å². The second-order valence-electron chi connectivity index (χ2n) is 12.1. The maximum atomic E-state index is 11.3. The molecular formula is C27H46O. The van der Waals surface area contributed by atoms with Crippen LogP contribution in [0.25, 0.3) is 0 Å². The van der Waals surface area contributed by atoms with Gasteiger partial charge in [0.25, 0.3) is 0 Å². The third-order valence-corrected chi connectivity index (χ3v) is 10.2. The molecule has 0 aromatic carbocycles. The van der Waals surface area contributed by atoms with Crippen LogP contribution in [-0.2, 0) is 0 Å². The molecule has 4 aliphatic rings. The van der Waals surface area contributed by atoms with E-state index in [1.54, 1.807) is 5.57 Å². The lowest BCUT2D eigenvalue weighted by atomic mass is 9.46. The van der Waals surface area contributed by atoms with Crippen LogP contribution < -0.4 is 0 Å². The van der Waals surface area contributed by atoms with E-state index in [0.29, 0.717) is 16.7 Å². The van der Waals surface area contributed by atoms with Crippen molar-refractivity contribution in [2.75, 3.05) is 0 Å². The number of fused-ring (bicyclic) bond motifs is 5. The fourth-order valence-corrected chi connectivity index (χ4v) is 8.71. The van der Waals surface area contributed by atoms with Gasteiger partial charge < -0.3 is 5.11 Å². The first-order chi connectivity index (χ1) is 13.3. The molecule has 1 N–H and O–H groups in total. The zero-order valence-corrected chi connectivity index (χ0v) is 19.3. The Balaban J connectivity index is 1.53. The Bertz CT molecular complexity index is 591. The number of allylic oxidation sites excluding steroid dienone is 1. The summed E-state index contributed by atoms with van der Waals surface area (Å²) in [6.07, 6.45) is 17.2. The SMILES string of the molecule is CC(C)CCC[C@@H](C)[C@H]1CCC2C3C(O)C=C4CCCC[C@]4(C)C3CC[C@@]21C. The van der Waals surface area contributed by atoms with Crippen LogP contribution in [-0.4, -0.2) is 11.2 Å². The summed E-state index contributed by atoms with van der Waals surface area (Å²) in [5.41, 5.74) is 2.48. The highest BCUT2D eigenvalue weighted by Crippen LogP contribution is 2.67. The molecule has 160 valence electrons. The molecule has 0 radical (unpaired) electrons. The van der Waals surface area contributed by atoms with Crippen LogP contribution in [0.2, 0.25) is 0 Å². The lowest BCUT2D eigenvalue weighted by Gasteiger charge is -2.59. The Morgan fingerprint density at radius 1 is 1.00 bits per heavy atom. The van der Waals surface area contributed by atoms with E-state index in [4.69, 9.17) is 0 Å². The van der Waals surface area contributed by atoms with E-state index >= 15 is 0 Å². The van der Waals surface area contributed by atoms with Gasteiger partial charge in [-0.1, -0.05) is 72.0 Å². The minimum Gasteiger partial charge on any atom is -0.389 e. The third kappa shape index (κ3) is 3.32. The van der Waals surface area contributed by atoms with E-state index in [1.807, 2.05) is 0 Å². The van der Waals surface area contributed by atoms with Crippen molar-refractivity contribution in [3.05, 3.63) is 11.6 Å². The van der Waals surface area contributed by atoms with Gasteiger partial charge in [-0.3, -0.25) is 0 Å². The Morgan fingerprint density at radius 2 is 1.79 bits per heavy atom. The molecule has 3 fully saturated rings. The molecule has 1 nitrogen and oxygen atoms in total. The van der Waals surface area contributed by atoms with Gasteiger partial charge >= 0.3 is 0 Å². The third-order valence-electron chi connectivity index (χ3n) is 10.2. The van der Waals surface area contributed by atoms with E-state index in [9.17, 15) is 5.11 Å². The van der Waals surface area contributed by atoms with Crippen molar-refractivity contribution in [1.29, 1.82) is 0 Å². The molecule has 8 atom stereocenters. The van der Waals surface area contributed by atoms with Gasteiger partial charge in [-0.05, 0) is 91.3 Å². The monoisotopic (exact) mass is 386 g/mol. The number of rotatable bonds is 5. The van der Waals surface area contributed by atoms with Gasteiger partial charge in [0.15, 0.2) is 0 Å². The maximum Gasteiger partial charge on any atom is 0.0757 e. The van der Waals surface area contributed by atoms with E-state index in [1.165, 1.54) is 70.6 Å². The topological polar surface area (TPSA) is 20.2 Å². The highest BCUT2D eigenvalue weighted by atomic mass is 16.3. The molecule has 3 saturated carbocycles. The summed E-state index contributed by atoms with van der Waals surface area (Å²) in [5, 5.41) is 11.3. The first-order valence-electron chi connectivity index (χ1n) is 12.7. The van der Waals surface area contributed by atoms with E-state index in [-0.39, 0.29) is 6.10 Å². The molecule has 1 heteroatoms. The summed E-state index contributed by atoms with van der Waals surface area (Å²) in [4.78, 5) is 0. The van der Waals surface area contributed by atoms with Gasteiger partial charge in [-0.2, -0.15) is 0 Å². The minimum atomic E-state index is -0.175. The standard InChI is InChI=1S/C27H46O/c1-18(2)9-8-10-19(3)21-12-13-22-25-23(14-16-27(21,22)5)26(4)15-7-6-11-20(26)17-24(25)28/h17-19,21-25,28H,6-16H2,1-5H3/t19-,21-,22?,23?,24?,25?,26+,27-/m1/s1. The lowest BCUT2D eigenvalue weighted by Crippen LogP contribution is -2.54. The number of hydrogen-bond donors (Lipinski definition) is 1. The summed E-state index contributed by atoms with van der Waals surface area (Å²) >= 11 is 0. The van der Waals surface area contributed by atoms with Gasteiger partial charge in [0.1, 0.15) is 0 Å². The van der Waals surface area contributed by atoms with Crippen LogP contribution in [0.4, 0.5) is 0 Å². The van der Waals surface area contributed by atoms with Crippen LogP contribution in [0.1, 0.15) is 105 Å². The van der Waals surface area contributed by atoms with Gasteiger partial charge in [0.05, 0.1) is 6.10 Å². The van der Waals surface area contributed by atoms with Gasteiger partial charge in [0.2, 0.25) is 0 Å². The van der Waals surface area contributed by atoms with E-state index in [2.05, 4.69) is 40.7 Å². The summed E-state index contributed by atoms with van der Waals surface area (Å²) < 4.78 is 0. The first kappa shape index (κ1) is 21.0. The predicted octanol–water partition coefficient (Wildman–Crippen LogP) is 7.39. The second-order valence-corrected chi connectivity index (χ2v) is 12.1. The molecule has 0 bridgehead atoms. The Kier molecular flexibility index (Phi) is 5.80. The van der Waals surface area contributed by atoms with Crippen LogP contribution in [0.5, 0.6) is 0 Å². The molecule has 0 spiro atoms. The van der Waals surface area contributed by atoms with Crippen molar-refractivity contribution in [3.63, 3.8) is 0 Å². The van der Waals surface area contributed by atoms with Crippen LogP contribution in [0.15, 0.2) is 11.6 Å². The zero-order chi connectivity index (χ0) is 20.1. The van der Waals surface area contributed by atoms with Crippen LogP contribution >= 0.6 is 0 Å². The van der Waals surface area contributed by atoms with Crippen molar-refractivity contribution in [1.82, 2.24) is 0 Å². The highest BCUT2D eigenvalue weighted by Gasteiger charge is 2.60. The average molecular weight is 387 g/mol. The maximum absolute atomic E-state index is 11.3. The Hall–Kier alpha value is -0.300. The molecule has 0 aromatic heterocycles. The summed E-state index contributed by atoms with van der Waals surface area (Å²) in [7, 11) is 0. The first-order valence-corrected chi connectivity index (χ1v) is 12.7. The molecule has 0 amide bonds. The normalized spacial score (nSPS) is 46.5. The van der Waals surface area contributed by atoms with Gasteiger partial charge in [-0.25, -0.2) is 0 Å². The lowest BCUT2D eigenvalue weighted by molar-refractivity contribution is -0.0922. The summed E-state index contributed by atoms with van der Waals surface area (Å²) in [6, 6.07) is 0. The smallest absolute Gasteiger partial charge is 0.0757 e. The fourth-order valence-electron chi connectivity index (χ4n) is 8.71. The molecule has 0 aliphatic heterocycles. The Morgan fingerprint density at radius 3 is 2.54 bits per heavy atom. The van der Waals surface area contributed by atoms with Gasteiger partial charge in [-0.15, -0.1) is 0 Å². The average Bonchev–Trinajstić information content (AvgIpc) is 2.99. The minimum absolute atomic E-state index is 0.175. The number of aliphatic hydroxyl groups is 1. The van der Waals surface area contributed by atoms with Crippen molar-refractivity contribution in [3.8, 4) is 0 Å². The molecule has 4 aliphatic carbocycles. The molecule has 0 heterocycles. The molecule has 4 unspecified atom stereocenters. The number of hydrogen-bond acceptors (Lipinski definition) is 1. The molecular weight excluding hydrogens is 340 g/mol. The van der Waals surface area contributed by atoms with Crippen LogP contribution in [0.3, 0.4) is 0 Å². The molecule has 0 saturated heterocycles. The van der Waals surface area contributed by atoms with E-state index < -0.39 is 0 Å². The summed E-state index contributed by atoms with van der Waals surface area (Å²) in [5.74, 6) is 4.57. The molecule has 0 aromatic rings. The van der Waals surface area contributed by atoms with E-state index in [0.717, 1.165) is 29.6 Å². The zero-order valence-electron chi connectivity index (χ0n) is 19.3. The predicted molar refractivity (Wildman–Crippen MR) is 119 cm³/mol. The van der Waals surface area contributed by atoms with Crippen LogP contribution in [0, 0.1) is 46.3 Å². The second kappa shape index (κ2) is 7.75. The van der Waals surface area contributed by atoms with Gasteiger partial charge in [0, 0.05) is 0 Å². The van der Waals surface area contributed by atoms with Crippen molar-refractivity contribution < 1.29 is 5.11 Å². The quantitative estimate of drug-likeness (QED) is 0.488. The number of aliphatic hydroxyl groups excluding tert-OH is 1. The van der Waals surface area contributed by atoms with Crippen molar-refractivity contribution in [2.45, 2.75) is 111 Å². The summed E-state index contributed by atoms with van der Waals surface area (Å²) in [6.45, 7) is 12.4. The fraction of sp³-hybridized carbons (Fsp3) is 0.926. The van der Waals surface area contributed by atoms with Crippen molar-refractivity contribution in [2.24, 2.45) is 46.3 Å². The highest BCUT2D eigenvalue weighted by molar-refractivity contribution is 5.27. The molecule has 4 rings (SSSR count). The molecule has 28 heavy (non-hydrogen) atoms. The van der Waals surface area contributed by atoms with Crippen molar-refractivity contribution >= 4 is 0 Å². The largest absolute Gasteiger partial charge is 0.389 e.